The van der Waals surface area contributed by atoms with Crippen LogP contribution in [0.1, 0.15) is 55.5 Å². The lowest BCUT2D eigenvalue weighted by molar-refractivity contribution is -0.122. The Morgan fingerprint density at radius 3 is 3.14 bits per heavy atom. The van der Waals surface area contributed by atoms with Crippen LogP contribution in [0.4, 0.5) is 0 Å². The Hall–Kier alpha value is -1.13. The minimum Gasteiger partial charge on any atom is -0.355 e. The predicted molar refractivity (Wildman–Crippen MR) is 92.2 cm³/mol. The number of nitrogens with zero attached hydrogens (tertiary/aromatic N) is 1. The zero-order valence-electron chi connectivity index (χ0n) is 13.4. The smallest absolute Gasteiger partial charge is 0.234 e. The lowest BCUT2D eigenvalue weighted by Crippen LogP contribution is -2.41. The molecule has 3 rings (SSSR count). The van der Waals surface area contributed by atoms with Gasteiger partial charge in [-0.25, -0.2) is 0 Å². The van der Waals surface area contributed by atoms with E-state index in [1.54, 1.807) is 0 Å². The van der Waals surface area contributed by atoms with E-state index in [0.29, 0.717) is 12.6 Å². The van der Waals surface area contributed by atoms with Gasteiger partial charge < -0.3 is 5.32 Å². The molecule has 0 fully saturated rings. The Labute approximate surface area is 137 Å². The maximum absolute atomic E-state index is 12.2. The molecule has 22 heavy (non-hydrogen) atoms. The molecule has 1 N–H and O–H groups in total. The third-order valence-corrected chi connectivity index (χ3v) is 5.90. The molecule has 1 aromatic heterocycles. The zero-order valence-corrected chi connectivity index (χ0v) is 14.3. The van der Waals surface area contributed by atoms with Gasteiger partial charge in [0.1, 0.15) is 0 Å². The van der Waals surface area contributed by atoms with E-state index in [-0.39, 0.29) is 5.91 Å². The Morgan fingerprint density at radius 1 is 1.41 bits per heavy atom. The number of carbonyl (C=O) groups is 1. The van der Waals surface area contributed by atoms with E-state index >= 15 is 0 Å². The molecule has 2 aliphatic rings. The number of hydrogen-bond donors (Lipinski definition) is 1. The first-order valence-electron chi connectivity index (χ1n) is 8.49. The van der Waals surface area contributed by atoms with Crippen molar-refractivity contribution in [1.82, 2.24) is 10.2 Å². The number of nitrogens with one attached hydrogen (secondary N) is 1. The molecular formula is C18H26N2OS. The average Bonchev–Trinajstić information content (AvgIpc) is 3.01. The summed E-state index contributed by atoms with van der Waals surface area (Å²) in [6, 6.07) is 2.58. The Kier molecular flexibility index (Phi) is 5.32. The third kappa shape index (κ3) is 3.79. The molecule has 1 aliphatic heterocycles. The molecule has 120 valence electrons. The highest BCUT2D eigenvalue weighted by molar-refractivity contribution is 7.10. The largest absolute Gasteiger partial charge is 0.355 e. The molecular weight excluding hydrogens is 292 g/mol. The Morgan fingerprint density at radius 2 is 2.32 bits per heavy atom. The number of allylic oxidation sites excluding steroid dienone is 1. The van der Waals surface area contributed by atoms with Crippen molar-refractivity contribution < 1.29 is 4.79 Å². The maximum atomic E-state index is 12.2. The molecule has 1 aliphatic carbocycles. The molecule has 0 bridgehead atoms. The fraction of sp³-hybridized carbons (Fsp3) is 0.611. The highest BCUT2D eigenvalue weighted by Crippen LogP contribution is 2.32. The van der Waals surface area contributed by atoms with Gasteiger partial charge >= 0.3 is 0 Å². The Bertz CT molecular complexity index is 549. The van der Waals surface area contributed by atoms with Crippen LogP contribution < -0.4 is 5.32 Å². The maximum Gasteiger partial charge on any atom is 0.234 e. The van der Waals surface area contributed by atoms with Gasteiger partial charge in [-0.1, -0.05) is 11.6 Å². The molecule has 4 heteroatoms. The fourth-order valence-electron chi connectivity index (χ4n) is 3.51. The molecule has 0 saturated carbocycles. The van der Waals surface area contributed by atoms with E-state index in [0.717, 1.165) is 25.9 Å². The summed E-state index contributed by atoms with van der Waals surface area (Å²) < 4.78 is 0. The number of fused-ring (bicyclic) bond motifs is 1. The van der Waals surface area contributed by atoms with Crippen LogP contribution >= 0.6 is 11.3 Å². The SMILES string of the molecule is C[C@@H]1c2ccsc2CCN1CC(=O)NCCC1=CCCCC1. The highest BCUT2D eigenvalue weighted by atomic mass is 32.1. The molecule has 0 unspecified atom stereocenters. The van der Waals surface area contributed by atoms with Crippen LogP contribution in [0.5, 0.6) is 0 Å². The predicted octanol–water partition coefficient (Wildman–Crippen LogP) is 3.67. The first-order chi connectivity index (χ1) is 10.7. The first kappa shape index (κ1) is 15.8. The van der Waals surface area contributed by atoms with Gasteiger partial charge in [0.2, 0.25) is 5.91 Å². The lowest BCUT2D eigenvalue weighted by atomic mass is 9.97. The molecule has 0 aromatic carbocycles. The lowest BCUT2D eigenvalue weighted by Gasteiger charge is -2.32. The van der Waals surface area contributed by atoms with E-state index in [1.807, 2.05) is 11.3 Å². The van der Waals surface area contributed by atoms with Crippen LogP contribution in [0.25, 0.3) is 0 Å². The number of amides is 1. The average molecular weight is 318 g/mol. The summed E-state index contributed by atoms with van der Waals surface area (Å²) in [5.41, 5.74) is 2.94. The van der Waals surface area contributed by atoms with E-state index in [9.17, 15) is 4.79 Å². The second-order valence-corrected chi connectivity index (χ2v) is 7.40. The summed E-state index contributed by atoms with van der Waals surface area (Å²) in [7, 11) is 0. The first-order valence-corrected chi connectivity index (χ1v) is 9.37. The second-order valence-electron chi connectivity index (χ2n) is 6.40. The zero-order chi connectivity index (χ0) is 15.4. The monoisotopic (exact) mass is 318 g/mol. The second kappa shape index (κ2) is 7.42. The van der Waals surface area contributed by atoms with Crippen molar-refractivity contribution in [3.63, 3.8) is 0 Å². The van der Waals surface area contributed by atoms with E-state index in [4.69, 9.17) is 0 Å². The van der Waals surface area contributed by atoms with E-state index in [2.05, 4.69) is 34.7 Å². The van der Waals surface area contributed by atoms with Gasteiger partial charge in [0.15, 0.2) is 0 Å². The van der Waals surface area contributed by atoms with Crippen molar-refractivity contribution in [3.05, 3.63) is 33.5 Å². The molecule has 3 nitrogen and oxygen atoms in total. The number of hydrogen-bond acceptors (Lipinski definition) is 3. The number of carbonyl (C=O) groups excluding carboxylic acids is 1. The van der Waals surface area contributed by atoms with E-state index in [1.165, 1.54) is 41.7 Å². The highest BCUT2D eigenvalue weighted by Gasteiger charge is 2.25. The fourth-order valence-corrected chi connectivity index (χ4v) is 4.47. The van der Waals surface area contributed by atoms with Crippen LogP contribution in [0.15, 0.2) is 23.1 Å². The van der Waals surface area contributed by atoms with Crippen LogP contribution in [-0.2, 0) is 11.2 Å². The van der Waals surface area contributed by atoms with Gasteiger partial charge in [-0.15, -0.1) is 11.3 Å². The minimum absolute atomic E-state index is 0.168. The summed E-state index contributed by atoms with van der Waals surface area (Å²) in [6.45, 7) is 4.52. The van der Waals surface area contributed by atoms with Crippen LogP contribution in [0, 0.1) is 0 Å². The number of thiophene rings is 1. The molecule has 0 radical (unpaired) electrons. The summed E-state index contributed by atoms with van der Waals surface area (Å²) >= 11 is 1.85. The van der Waals surface area contributed by atoms with E-state index < -0.39 is 0 Å². The summed E-state index contributed by atoms with van der Waals surface area (Å²) in [6.07, 6.45) is 9.55. The molecule has 2 heterocycles. The van der Waals surface area contributed by atoms with Crippen LogP contribution in [0.2, 0.25) is 0 Å². The van der Waals surface area contributed by atoms with Crippen molar-refractivity contribution in [2.75, 3.05) is 19.6 Å². The molecule has 0 spiro atoms. The molecule has 0 saturated heterocycles. The van der Waals surface area contributed by atoms with Gasteiger partial charge in [0, 0.05) is 24.0 Å². The normalized spacial score (nSPS) is 22.0. The van der Waals surface area contributed by atoms with Gasteiger partial charge in [-0.2, -0.15) is 0 Å². The van der Waals surface area contributed by atoms with Crippen molar-refractivity contribution in [2.45, 2.75) is 51.5 Å². The summed E-state index contributed by atoms with van der Waals surface area (Å²) in [5.74, 6) is 0.168. The van der Waals surface area contributed by atoms with Gasteiger partial charge in [-0.05, 0) is 62.5 Å². The third-order valence-electron chi connectivity index (χ3n) is 4.90. The van der Waals surface area contributed by atoms with Crippen molar-refractivity contribution in [3.8, 4) is 0 Å². The topological polar surface area (TPSA) is 32.3 Å². The summed E-state index contributed by atoms with van der Waals surface area (Å²) in [5, 5.41) is 5.27. The van der Waals surface area contributed by atoms with Gasteiger partial charge in [-0.3, -0.25) is 9.69 Å². The Balaban J connectivity index is 1.43. The standard InChI is InChI=1S/C18H26N2OS/c1-14-16-9-12-22-17(16)8-11-20(14)13-18(21)19-10-7-15-5-3-2-4-6-15/h5,9,12,14H,2-4,6-8,10-11,13H2,1H3,(H,19,21)/t14-/m1/s1. The van der Waals surface area contributed by atoms with Gasteiger partial charge in [0.25, 0.3) is 0 Å². The summed E-state index contributed by atoms with van der Waals surface area (Å²) in [4.78, 5) is 16.0. The number of rotatable bonds is 5. The van der Waals surface area contributed by atoms with Crippen LogP contribution in [0.3, 0.4) is 0 Å². The van der Waals surface area contributed by atoms with Crippen molar-refractivity contribution in [2.24, 2.45) is 0 Å². The quantitative estimate of drug-likeness (QED) is 0.840. The van der Waals surface area contributed by atoms with Gasteiger partial charge in [0.05, 0.1) is 6.54 Å². The molecule has 1 atom stereocenters. The van der Waals surface area contributed by atoms with Crippen molar-refractivity contribution in [1.29, 1.82) is 0 Å². The molecule has 1 amide bonds. The minimum atomic E-state index is 0.168. The molecule has 1 aromatic rings. The van der Waals surface area contributed by atoms with Crippen LogP contribution in [-0.4, -0.2) is 30.4 Å². The van der Waals surface area contributed by atoms with Crippen molar-refractivity contribution >= 4 is 17.2 Å².